The van der Waals surface area contributed by atoms with Crippen LogP contribution in [-0.4, -0.2) is 0 Å². The van der Waals surface area contributed by atoms with Crippen LogP contribution in [0, 0.1) is 6.92 Å². The molecule has 0 heteroatoms. The van der Waals surface area contributed by atoms with E-state index in [2.05, 4.69) is 46.8 Å². The Morgan fingerprint density at radius 3 is 2.62 bits per heavy atom. The summed E-state index contributed by atoms with van der Waals surface area (Å²) < 4.78 is 0. The Bertz CT molecular complexity index is 399. The van der Waals surface area contributed by atoms with E-state index in [1.54, 1.807) is 16.7 Å². The molecule has 0 radical (unpaired) electrons. The highest BCUT2D eigenvalue weighted by atomic mass is 14.4. The highest BCUT2D eigenvalue weighted by molar-refractivity contribution is 5.47. The molecule has 1 aliphatic carbocycles. The van der Waals surface area contributed by atoms with Gasteiger partial charge in [0, 0.05) is 0 Å². The molecule has 0 fully saturated rings. The molecule has 0 aliphatic heterocycles. The van der Waals surface area contributed by atoms with Gasteiger partial charge in [-0.3, -0.25) is 0 Å². The van der Waals surface area contributed by atoms with Crippen LogP contribution in [0.25, 0.3) is 0 Å². The second-order valence-electron chi connectivity index (χ2n) is 6.07. The zero-order valence-electron chi connectivity index (χ0n) is 11.4. The maximum Gasteiger partial charge on any atom is -0.00975 e. The average molecular weight is 216 g/mol. The van der Waals surface area contributed by atoms with E-state index in [9.17, 15) is 0 Å². The van der Waals surface area contributed by atoms with Gasteiger partial charge in [0.15, 0.2) is 0 Å². The maximum atomic E-state index is 2.41. The first-order valence-corrected chi connectivity index (χ1v) is 6.59. The third-order valence-electron chi connectivity index (χ3n) is 4.30. The Balaban J connectivity index is 2.57. The number of rotatable bonds is 2. The van der Waals surface area contributed by atoms with Crippen LogP contribution in [0.4, 0.5) is 0 Å². The summed E-state index contributed by atoms with van der Waals surface area (Å²) in [5.74, 6) is 0.711. The molecule has 1 atom stereocenters. The Morgan fingerprint density at radius 2 is 2.00 bits per heavy atom. The van der Waals surface area contributed by atoms with Crippen LogP contribution in [-0.2, 0) is 11.8 Å². The number of fused-ring (bicyclic) bond motifs is 1. The third-order valence-corrected chi connectivity index (χ3v) is 4.30. The van der Waals surface area contributed by atoms with Crippen LogP contribution in [0.3, 0.4) is 0 Å². The van der Waals surface area contributed by atoms with Gasteiger partial charge in [0.1, 0.15) is 0 Å². The first-order valence-electron chi connectivity index (χ1n) is 6.59. The fraction of sp³-hybridized carbons (Fsp3) is 0.625. The predicted molar refractivity (Wildman–Crippen MR) is 71.2 cm³/mol. The van der Waals surface area contributed by atoms with E-state index in [-0.39, 0.29) is 0 Å². The SMILES string of the molecule is CCC(C)c1cc(C)cc2c1CCC2(C)C. The lowest BCUT2D eigenvalue weighted by atomic mass is 9.83. The molecule has 0 bridgehead atoms. The second kappa shape index (κ2) is 3.91. The minimum Gasteiger partial charge on any atom is -0.0648 e. The molecule has 2 rings (SSSR count). The molecule has 16 heavy (non-hydrogen) atoms. The quantitative estimate of drug-likeness (QED) is 0.670. The molecule has 0 saturated carbocycles. The van der Waals surface area contributed by atoms with Gasteiger partial charge < -0.3 is 0 Å². The van der Waals surface area contributed by atoms with Crippen molar-refractivity contribution in [1.29, 1.82) is 0 Å². The van der Waals surface area contributed by atoms with Gasteiger partial charge in [-0.05, 0) is 54.2 Å². The van der Waals surface area contributed by atoms with Crippen molar-refractivity contribution in [2.75, 3.05) is 0 Å². The van der Waals surface area contributed by atoms with Gasteiger partial charge in [-0.2, -0.15) is 0 Å². The lowest BCUT2D eigenvalue weighted by Crippen LogP contribution is -2.12. The van der Waals surface area contributed by atoms with Crippen molar-refractivity contribution in [3.63, 3.8) is 0 Å². The highest BCUT2D eigenvalue weighted by Crippen LogP contribution is 2.42. The minimum atomic E-state index is 0.392. The zero-order valence-corrected chi connectivity index (χ0v) is 11.4. The molecule has 0 nitrogen and oxygen atoms in total. The van der Waals surface area contributed by atoms with E-state index >= 15 is 0 Å². The van der Waals surface area contributed by atoms with E-state index in [0.29, 0.717) is 11.3 Å². The smallest absolute Gasteiger partial charge is 0.00975 e. The molecule has 88 valence electrons. The summed E-state index contributed by atoms with van der Waals surface area (Å²) in [6.07, 6.45) is 3.84. The number of hydrogen-bond acceptors (Lipinski definition) is 0. The molecule has 1 aromatic carbocycles. The van der Waals surface area contributed by atoms with Crippen LogP contribution in [0.15, 0.2) is 12.1 Å². The molecule has 0 amide bonds. The Morgan fingerprint density at radius 1 is 1.31 bits per heavy atom. The van der Waals surface area contributed by atoms with Crippen LogP contribution in [0.2, 0.25) is 0 Å². The molecular weight excluding hydrogens is 192 g/mol. The van der Waals surface area contributed by atoms with Crippen LogP contribution in [0.5, 0.6) is 0 Å². The van der Waals surface area contributed by atoms with Crippen LogP contribution in [0.1, 0.15) is 68.7 Å². The molecule has 1 unspecified atom stereocenters. The fourth-order valence-corrected chi connectivity index (χ4v) is 2.96. The Kier molecular flexibility index (Phi) is 2.86. The van der Waals surface area contributed by atoms with Gasteiger partial charge in [0.05, 0.1) is 0 Å². The van der Waals surface area contributed by atoms with Crippen LogP contribution < -0.4 is 0 Å². The summed E-state index contributed by atoms with van der Waals surface area (Å²) in [7, 11) is 0. The Labute approximate surface area is 100 Å². The van der Waals surface area contributed by atoms with E-state index < -0.39 is 0 Å². The lowest BCUT2D eigenvalue weighted by Gasteiger charge is -2.22. The molecule has 0 spiro atoms. The summed E-state index contributed by atoms with van der Waals surface area (Å²) in [6.45, 7) is 11.7. The van der Waals surface area contributed by atoms with Gasteiger partial charge in [-0.25, -0.2) is 0 Å². The van der Waals surface area contributed by atoms with Crippen molar-refractivity contribution >= 4 is 0 Å². The van der Waals surface area contributed by atoms with Gasteiger partial charge in [-0.1, -0.05) is 45.4 Å². The summed E-state index contributed by atoms with van der Waals surface area (Å²) in [6, 6.07) is 4.82. The van der Waals surface area contributed by atoms with Gasteiger partial charge in [-0.15, -0.1) is 0 Å². The van der Waals surface area contributed by atoms with Gasteiger partial charge in [0.25, 0.3) is 0 Å². The lowest BCUT2D eigenvalue weighted by molar-refractivity contribution is 0.522. The van der Waals surface area contributed by atoms with Gasteiger partial charge >= 0.3 is 0 Å². The molecular formula is C16H24. The molecule has 0 heterocycles. The summed E-state index contributed by atoms with van der Waals surface area (Å²) in [5, 5.41) is 0. The third kappa shape index (κ3) is 1.79. The largest absolute Gasteiger partial charge is 0.0648 e. The second-order valence-corrected chi connectivity index (χ2v) is 6.07. The maximum absolute atomic E-state index is 2.41. The fourth-order valence-electron chi connectivity index (χ4n) is 2.96. The average Bonchev–Trinajstić information content (AvgIpc) is 2.53. The van der Waals surface area contributed by atoms with Crippen molar-refractivity contribution in [3.05, 3.63) is 34.4 Å². The normalized spacial score (nSPS) is 19.6. The molecule has 0 aromatic heterocycles. The standard InChI is InChI=1S/C16H24/c1-6-12(3)14-9-11(2)10-15-13(14)7-8-16(15,4)5/h9-10,12H,6-8H2,1-5H3. The highest BCUT2D eigenvalue weighted by Gasteiger charge is 2.31. The topological polar surface area (TPSA) is 0 Å². The van der Waals surface area contributed by atoms with E-state index in [1.165, 1.54) is 24.8 Å². The van der Waals surface area contributed by atoms with E-state index in [1.807, 2.05) is 0 Å². The number of aryl methyl sites for hydroxylation is 1. The van der Waals surface area contributed by atoms with Gasteiger partial charge in [0.2, 0.25) is 0 Å². The predicted octanol–water partition coefficient (Wildman–Crippen LogP) is 4.73. The van der Waals surface area contributed by atoms with Crippen LogP contribution >= 0.6 is 0 Å². The Hall–Kier alpha value is -0.780. The summed E-state index contributed by atoms with van der Waals surface area (Å²) >= 11 is 0. The first-order chi connectivity index (χ1) is 7.45. The number of hydrogen-bond donors (Lipinski definition) is 0. The van der Waals surface area contributed by atoms with Crippen molar-refractivity contribution in [2.24, 2.45) is 0 Å². The van der Waals surface area contributed by atoms with Crippen molar-refractivity contribution in [2.45, 2.75) is 65.2 Å². The van der Waals surface area contributed by atoms with Crippen molar-refractivity contribution < 1.29 is 0 Å². The van der Waals surface area contributed by atoms with Crippen molar-refractivity contribution in [1.82, 2.24) is 0 Å². The molecule has 0 saturated heterocycles. The van der Waals surface area contributed by atoms with Crippen molar-refractivity contribution in [3.8, 4) is 0 Å². The monoisotopic (exact) mass is 216 g/mol. The first kappa shape index (κ1) is 11.7. The summed E-state index contributed by atoms with van der Waals surface area (Å²) in [5.41, 5.74) is 6.71. The molecule has 1 aromatic rings. The molecule has 0 N–H and O–H groups in total. The minimum absolute atomic E-state index is 0.392. The van der Waals surface area contributed by atoms with E-state index in [0.717, 1.165) is 0 Å². The summed E-state index contributed by atoms with van der Waals surface area (Å²) in [4.78, 5) is 0. The van der Waals surface area contributed by atoms with E-state index in [4.69, 9.17) is 0 Å². The zero-order chi connectivity index (χ0) is 11.9. The number of benzene rings is 1. The molecule has 1 aliphatic rings.